The number of aliphatic hydroxyl groups is 1. The van der Waals surface area contributed by atoms with E-state index in [1.165, 1.54) is 5.69 Å². The number of carbonyl (C=O) groups is 1. The number of fused-ring (bicyclic) bond motifs is 4. The van der Waals surface area contributed by atoms with Crippen LogP contribution < -0.4 is 4.74 Å². The minimum absolute atomic E-state index is 0.0474. The first kappa shape index (κ1) is 17.7. The van der Waals surface area contributed by atoms with Crippen molar-refractivity contribution in [2.45, 2.75) is 19.4 Å². The molecule has 3 aromatic heterocycles. The molecule has 0 aliphatic carbocycles. The number of nitrogens with one attached hydrogen (secondary N) is 1. The normalized spacial score (nSPS) is 13.8. The van der Waals surface area contributed by atoms with Crippen molar-refractivity contribution in [1.82, 2.24) is 24.5 Å². The first-order valence-electron chi connectivity index (χ1n) is 9.58. The molecule has 4 aromatic rings. The maximum Gasteiger partial charge on any atom is 0.274 e. The first-order chi connectivity index (χ1) is 14.2. The van der Waals surface area contributed by atoms with E-state index in [2.05, 4.69) is 15.1 Å². The zero-order chi connectivity index (χ0) is 20.0. The number of carbonyl (C=O) groups excluding carboxylic acids is 1. The fourth-order valence-corrected chi connectivity index (χ4v) is 3.93. The summed E-state index contributed by atoms with van der Waals surface area (Å²) in [5.74, 6) is 0.690. The van der Waals surface area contributed by atoms with Gasteiger partial charge >= 0.3 is 0 Å². The largest absolute Gasteiger partial charge is 0.497 e. The number of hydrogen-bond acceptors (Lipinski definition) is 5. The highest BCUT2D eigenvalue weighted by Crippen LogP contribution is 2.31. The molecule has 5 rings (SSSR count). The van der Waals surface area contributed by atoms with E-state index >= 15 is 0 Å². The first-order valence-corrected chi connectivity index (χ1v) is 9.58. The Balaban J connectivity index is 1.45. The van der Waals surface area contributed by atoms with Crippen molar-refractivity contribution < 1.29 is 14.6 Å². The van der Waals surface area contributed by atoms with Gasteiger partial charge in [0.05, 0.1) is 7.11 Å². The van der Waals surface area contributed by atoms with Gasteiger partial charge in [-0.15, -0.1) is 0 Å². The third kappa shape index (κ3) is 3.01. The molecular formula is C21H21N5O3. The smallest absolute Gasteiger partial charge is 0.274 e. The van der Waals surface area contributed by atoms with Gasteiger partial charge in [0, 0.05) is 66.7 Å². The predicted molar refractivity (Wildman–Crippen MR) is 107 cm³/mol. The van der Waals surface area contributed by atoms with Gasteiger partial charge in [-0.25, -0.2) is 9.50 Å². The van der Waals surface area contributed by atoms with Crippen molar-refractivity contribution in [3.8, 4) is 5.75 Å². The summed E-state index contributed by atoms with van der Waals surface area (Å²) >= 11 is 0. The van der Waals surface area contributed by atoms with Crippen LogP contribution in [0.5, 0.6) is 5.75 Å². The van der Waals surface area contributed by atoms with E-state index in [1.807, 2.05) is 23.1 Å². The molecule has 0 spiro atoms. The maximum atomic E-state index is 13.1. The van der Waals surface area contributed by atoms with Crippen molar-refractivity contribution in [1.29, 1.82) is 0 Å². The molecular weight excluding hydrogens is 370 g/mol. The Labute approximate surface area is 166 Å². The summed E-state index contributed by atoms with van der Waals surface area (Å²) in [6.07, 6.45) is 4.78. The molecule has 148 valence electrons. The van der Waals surface area contributed by atoms with Crippen LogP contribution in [-0.2, 0) is 19.4 Å². The molecule has 0 saturated carbocycles. The maximum absolute atomic E-state index is 13.1. The monoisotopic (exact) mass is 391 g/mol. The Morgan fingerprint density at radius 1 is 1.34 bits per heavy atom. The van der Waals surface area contributed by atoms with Gasteiger partial charge in [-0.05, 0) is 30.2 Å². The standard InChI is InChI=1S/C21H21N5O3/c1-29-14-2-3-17-15(8-14)16-12-25(6-4-18(16)23-17)21(28)19-9-20-22-10-13(5-7-27)11-26(20)24-19/h2-3,8-11,23,27H,4-7,12H2,1H3. The molecule has 0 unspecified atom stereocenters. The third-order valence-corrected chi connectivity index (χ3v) is 5.46. The topological polar surface area (TPSA) is 95.8 Å². The van der Waals surface area contributed by atoms with Gasteiger partial charge in [0.1, 0.15) is 5.75 Å². The van der Waals surface area contributed by atoms with Crippen molar-refractivity contribution in [3.05, 3.63) is 59.2 Å². The highest BCUT2D eigenvalue weighted by molar-refractivity contribution is 5.94. The second kappa shape index (κ2) is 6.89. The summed E-state index contributed by atoms with van der Waals surface area (Å²) in [6, 6.07) is 7.66. The van der Waals surface area contributed by atoms with Crippen molar-refractivity contribution >= 4 is 22.5 Å². The average Bonchev–Trinajstić information content (AvgIpc) is 3.33. The number of hydrogen-bond donors (Lipinski definition) is 2. The van der Waals surface area contributed by atoms with Gasteiger partial charge in [0.25, 0.3) is 5.91 Å². The van der Waals surface area contributed by atoms with Crippen LogP contribution in [0, 0.1) is 0 Å². The summed E-state index contributed by atoms with van der Waals surface area (Å²) in [5, 5.41) is 14.6. The SMILES string of the molecule is COc1ccc2[nH]c3c(c2c1)CN(C(=O)c1cc2ncc(CCO)cn2n1)CC3. The summed E-state index contributed by atoms with van der Waals surface area (Å²) in [7, 11) is 1.65. The molecule has 1 aliphatic heterocycles. The van der Waals surface area contributed by atoms with Crippen molar-refractivity contribution in [2.24, 2.45) is 0 Å². The molecule has 8 heteroatoms. The molecule has 0 bridgehead atoms. The van der Waals surface area contributed by atoms with Gasteiger partial charge < -0.3 is 19.7 Å². The number of aromatic amines is 1. The number of amides is 1. The van der Waals surface area contributed by atoms with E-state index in [9.17, 15) is 4.79 Å². The Morgan fingerprint density at radius 2 is 2.24 bits per heavy atom. The van der Waals surface area contributed by atoms with Crippen LogP contribution in [0.15, 0.2) is 36.7 Å². The van der Waals surface area contributed by atoms with E-state index in [1.54, 1.807) is 30.1 Å². The highest BCUT2D eigenvalue weighted by atomic mass is 16.5. The number of aromatic nitrogens is 4. The number of aliphatic hydroxyl groups excluding tert-OH is 1. The number of nitrogens with zero attached hydrogens (tertiary/aromatic N) is 4. The average molecular weight is 391 g/mol. The van der Waals surface area contributed by atoms with E-state index in [-0.39, 0.29) is 12.5 Å². The van der Waals surface area contributed by atoms with Crippen LogP contribution in [-0.4, -0.2) is 55.8 Å². The summed E-state index contributed by atoms with van der Waals surface area (Å²) in [6.45, 7) is 1.21. The molecule has 29 heavy (non-hydrogen) atoms. The van der Waals surface area contributed by atoms with Gasteiger partial charge in [0.2, 0.25) is 0 Å². The lowest BCUT2D eigenvalue weighted by atomic mass is 10.0. The van der Waals surface area contributed by atoms with Gasteiger partial charge in [0.15, 0.2) is 11.3 Å². The molecule has 2 N–H and O–H groups in total. The van der Waals surface area contributed by atoms with Crippen LogP contribution in [0.25, 0.3) is 16.6 Å². The zero-order valence-electron chi connectivity index (χ0n) is 16.1. The number of H-pyrrole nitrogens is 1. The number of methoxy groups -OCH3 is 1. The summed E-state index contributed by atoms with van der Waals surface area (Å²) < 4.78 is 6.96. The quantitative estimate of drug-likeness (QED) is 0.554. The fourth-order valence-electron chi connectivity index (χ4n) is 3.93. The molecule has 1 aromatic carbocycles. The minimum atomic E-state index is -0.109. The zero-order valence-corrected chi connectivity index (χ0v) is 16.1. The van der Waals surface area contributed by atoms with Crippen molar-refractivity contribution in [3.63, 3.8) is 0 Å². The molecule has 8 nitrogen and oxygen atoms in total. The lowest BCUT2D eigenvalue weighted by Gasteiger charge is -2.26. The molecule has 0 fully saturated rings. The summed E-state index contributed by atoms with van der Waals surface area (Å²) in [4.78, 5) is 22.7. The van der Waals surface area contributed by atoms with Crippen LogP contribution in [0.1, 0.15) is 27.3 Å². The predicted octanol–water partition coefficient (Wildman–Crippen LogP) is 1.95. The van der Waals surface area contributed by atoms with Crippen molar-refractivity contribution in [2.75, 3.05) is 20.3 Å². The third-order valence-electron chi connectivity index (χ3n) is 5.46. The molecule has 1 amide bonds. The van der Waals surface area contributed by atoms with Gasteiger partial charge in [-0.2, -0.15) is 5.10 Å². The Bertz CT molecular complexity index is 1230. The molecule has 0 radical (unpaired) electrons. The van der Waals surface area contributed by atoms with Crippen LogP contribution in [0.3, 0.4) is 0 Å². The van der Waals surface area contributed by atoms with E-state index < -0.39 is 0 Å². The number of benzene rings is 1. The summed E-state index contributed by atoms with van der Waals surface area (Å²) in [5.41, 5.74) is 5.22. The Hall–Kier alpha value is -3.39. The number of ether oxygens (including phenoxy) is 1. The Morgan fingerprint density at radius 3 is 3.07 bits per heavy atom. The Kier molecular flexibility index (Phi) is 4.21. The van der Waals surface area contributed by atoms with Gasteiger partial charge in [-0.3, -0.25) is 4.79 Å². The van der Waals surface area contributed by atoms with E-state index in [4.69, 9.17) is 9.84 Å². The number of rotatable bonds is 4. The molecule has 1 aliphatic rings. The highest BCUT2D eigenvalue weighted by Gasteiger charge is 2.26. The molecule has 4 heterocycles. The fraction of sp³-hybridized carbons (Fsp3) is 0.286. The van der Waals surface area contributed by atoms with Crippen LogP contribution >= 0.6 is 0 Å². The van der Waals surface area contributed by atoms with Gasteiger partial charge in [-0.1, -0.05) is 0 Å². The lowest BCUT2D eigenvalue weighted by Crippen LogP contribution is -2.36. The minimum Gasteiger partial charge on any atom is -0.497 e. The van der Waals surface area contributed by atoms with E-state index in [0.717, 1.165) is 34.2 Å². The lowest BCUT2D eigenvalue weighted by molar-refractivity contribution is 0.0728. The second-order valence-electron chi connectivity index (χ2n) is 7.24. The molecule has 0 saturated heterocycles. The molecule has 0 atom stereocenters. The van der Waals surface area contributed by atoms with E-state index in [0.29, 0.717) is 30.9 Å². The second-order valence-corrected chi connectivity index (χ2v) is 7.24. The van der Waals surface area contributed by atoms with Crippen LogP contribution in [0.4, 0.5) is 0 Å². The van der Waals surface area contributed by atoms with Crippen LogP contribution in [0.2, 0.25) is 0 Å².